The minimum absolute atomic E-state index is 0.0261. The van der Waals surface area contributed by atoms with Crippen molar-refractivity contribution in [3.8, 4) is 5.75 Å². The van der Waals surface area contributed by atoms with E-state index in [9.17, 15) is 4.79 Å². The quantitative estimate of drug-likeness (QED) is 0.814. The van der Waals surface area contributed by atoms with Crippen LogP contribution in [0, 0.1) is 11.3 Å². The van der Waals surface area contributed by atoms with Crippen LogP contribution < -0.4 is 10.1 Å². The molecule has 2 aliphatic carbocycles. The summed E-state index contributed by atoms with van der Waals surface area (Å²) in [5, 5.41) is 12.2. The van der Waals surface area contributed by atoms with Gasteiger partial charge in [0, 0.05) is 6.54 Å². The maximum Gasteiger partial charge on any atom is 0.260 e. The van der Waals surface area contributed by atoms with Gasteiger partial charge in [-0.15, -0.1) is 0 Å². The van der Waals surface area contributed by atoms with Crippen LogP contribution in [0.1, 0.15) is 44.6 Å². The van der Waals surface area contributed by atoms with Crippen molar-refractivity contribution in [2.75, 3.05) is 6.54 Å². The third kappa shape index (κ3) is 3.27. The van der Waals surface area contributed by atoms with Crippen molar-refractivity contribution in [3.05, 3.63) is 29.8 Å². The number of hydrogen-bond acceptors (Lipinski definition) is 3. The molecule has 1 aromatic rings. The van der Waals surface area contributed by atoms with Gasteiger partial charge in [-0.3, -0.25) is 4.79 Å². The van der Waals surface area contributed by atoms with Crippen molar-refractivity contribution in [2.24, 2.45) is 11.3 Å². The largest absolute Gasteiger partial charge is 0.481 e. The molecule has 2 saturated carbocycles. The van der Waals surface area contributed by atoms with Gasteiger partial charge in [0.05, 0.1) is 6.61 Å². The van der Waals surface area contributed by atoms with Gasteiger partial charge in [-0.2, -0.15) is 0 Å². The van der Waals surface area contributed by atoms with E-state index in [1.807, 2.05) is 12.1 Å². The monoisotopic (exact) mass is 303 g/mol. The first-order chi connectivity index (χ1) is 10.6. The minimum atomic E-state index is -0.523. The van der Waals surface area contributed by atoms with Gasteiger partial charge in [-0.1, -0.05) is 18.6 Å². The van der Waals surface area contributed by atoms with Gasteiger partial charge in [-0.05, 0) is 61.6 Å². The van der Waals surface area contributed by atoms with Crippen LogP contribution >= 0.6 is 0 Å². The van der Waals surface area contributed by atoms with Crippen molar-refractivity contribution in [2.45, 2.75) is 51.7 Å². The Kier molecular flexibility index (Phi) is 4.39. The van der Waals surface area contributed by atoms with E-state index in [0.29, 0.717) is 11.2 Å². The van der Waals surface area contributed by atoms with Gasteiger partial charge in [0.25, 0.3) is 5.91 Å². The van der Waals surface area contributed by atoms with Gasteiger partial charge in [0.2, 0.25) is 0 Å². The predicted octanol–water partition coefficient (Wildman–Crippen LogP) is 2.64. The molecule has 1 atom stereocenters. The standard InChI is InChI=1S/C18H25NO3/c1-13(22-16-5-2-4-14(10-16)11-20)17(21)19-12-18(8-3-9-18)15-6-7-15/h2,4-5,10,13,15,20H,3,6-9,11-12H2,1H3,(H,19,21). The Hall–Kier alpha value is -1.55. The van der Waals surface area contributed by atoms with Crippen molar-refractivity contribution < 1.29 is 14.6 Å². The smallest absolute Gasteiger partial charge is 0.260 e. The van der Waals surface area contributed by atoms with E-state index in [1.54, 1.807) is 19.1 Å². The maximum atomic E-state index is 12.2. The van der Waals surface area contributed by atoms with Crippen LogP contribution in [-0.2, 0) is 11.4 Å². The van der Waals surface area contributed by atoms with Crippen LogP contribution in [0.5, 0.6) is 5.75 Å². The molecule has 2 aliphatic rings. The Morgan fingerprint density at radius 3 is 2.82 bits per heavy atom. The highest BCUT2D eigenvalue weighted by atomic mass is 16.5. The number of amides is 1. The number of carbonyl (C=O) groups is 1. The Labute approximate surface area is 131 Å². The van der Waals surface area contributed by atoms with Crippen LogP contribution in [-0.4, -0.2) is 23.7 Å². The number of nitrogens with one attached hydrogen (secondary N) is 1. The van der Waals surface area contributed by atoms with Gasteiger partial charge >= 0.3 is 0 Å². The molecule has 0 saturated heterocycles. The zero-order chi connectivity index (χ0) is 15.6. The van der Waals surface area contributed by atoms with Crippen LogP contribution in [0.2, 0.25) is 0 Å². The van der Waals surface area contributed by atoms with E-state index >= 15 is 0 Å². The molecule has 0 spiro atoms. The van der Waals surface area contributed by atoms with Crippen molar-refractivity contribution >= 4 is 5.91 Å². The molecule has 0 radical (unpaired) electrons. The highest BCUT2D eigenvalue weighted by Gasteiger charge is 2.49. The molecule has 4 nitrogen and oxygen atoms in total. The molecule has 0 aromatic heterocycles. The molecule has 0 aliphatic heterocycles. The van der Waals surface area contributed by atoms with Gasteiger partial charge in [0.15, 0.2) is 6.10 Å². The molecule has 0 heterocycles. The molecule has 22 heavy (non-hydrogen) atoms. The van der Waals surface area contributed by atoms with E-state index in [4.69, 9.17) is 9.84 Å². The molecule has 2 fully saturated rings. The van der Waals surface area contributed by atoms with Crippen LogP contribution in [0.15, 0.2) is 24.3 Å². The lowest BCUT2D eigenvalue weighted by atomic mass is 9.65. The lowest BCUT2D eigenvalue weighted by Gasteiger charge is -2.42. The lowest BCUT2D eigenvalue weighted by Crippen LogP contribution is -2.46. The number of carbonyl (C=O) groups excluding carboxylic acids is 1. The van der Waals surface area contributed by atoms with Crippen molar-refractivity contribution in [1.82, 2.24) is 5.32 Å². The third-order valence-electron chi connectivity index (χ3n) is 5.17. The zero-order valence-electron chi connectivity index (χ0n) is 13.2. The van der Waals surface area contributed by atoms with E-state index in [0.717, 1.165) is 18.0 Å². The van der Waals surface area contributed by atoms with Crippen LogP contribution in [0.3, 0.4) is 0 Å². The van der Waals surface area contributed by atoms with Gasteiger partial charge in [-0.25, -0.2) is 0 Å². The van der Waals surface area contributed by atoms with Crippen LogP contribution in [0.4, 0.5) is 0 Å². The zero-order valence-corrected chi connectivity index (χ0v) is 13.2. The molecule has 1 unspecified atom stereocenters. The number of ether oxygens (including phenoxy) is 1. The summed E-state index contributed by atoms with van der Waals surface area (Å²) in [6.45, 7) is 2.54. The Morgan fingerprint density at radius 2 is 2.23 bits per heavy atom. The number of aliphatic hydroxyl groups is 1. The first-order valence-corrected chi connectivity index (χ1v) is 8.27. The van der Waals surface area contributed by atoms with Gasteiger partial charge in [0.1, 0.15) is 5.75 Å². The first kappa shape index (κ1) is 15.3. The summed E-state index contributed by atoms with van der Waals surface area (Å²) in [5.74, 6) is 1.40. The molecular formula is C18H25NO3. The Bertz CT molecular complexity index is 535. The fourth-order valence-corrected chi connectivity index (χ4v) is 3.44. The topological polar surface area (TPSA) is 58.6 Å². The van der Waals surface area contributed by atoms with Gasteiger partial charge < -0.3 is 15.2 Å². The minimum Gasteiger partial charge on any atom is -0.481 e. The van der Waals surface area contributed by atoms with E-state index in [1.165, 1.54) is 32.1 Å². The van der Waals surface area contributed by atoms with Crippen molar-refractivity contribution in [3.63, 3.8) is 0 Å². The van der Waals surface area contributed by atoms with E-state index in [-0.39, 0.29) is 12.5 Å². The normalized spacial score (nSPS) is 20.8. The SMILES string of the molecule is CC(Oc1cccc(CO)c1)C(=O)NCC1(C2CC2)CCC1. The first-order valence-electron chi connectivity index (χ1n) is 8.27. The fraction of sp³-hybridized carbons (Fsp3) is 0.611. The number of hydrogen-bond donors (Lipinski definition) is 2. The lowest BCUT2D eigenvalue weighted by molar-refractivity contribution is -0.128. The molecule has 2 N–H and O–H groups in total. The second-order valence-corrected chi connectivity index (χ2v) is 6.77. The highest BCUT2D eigenvalue weighted by Crippen LogP contribution is 2.56. The molecule has 120 valence electrons. The van der Waals surface area contributed by atoms with E-state index in [2.05, 4.69) is 5.32 Å². The summed E-state index contributed by atoms with van der Waals surface area (Å²) in [6, 6.07) is 7.22. The molecular weight excluding hydrogens is 278 g/mol. The predicted molar refractivity (Wildman–Crippen MR) is 84.5 cm³/mol. The molecule has 1 amide bonds. The summed E-state index contributed by atoms with van der Waals surface area (Å²) < 4.78 is 5.69. The third-order valence-corrected chi connectivity index (χ3v) is 5.17. The summed E-state index contributed by atoms with van der Waals surface area (Å²) in [6.07, 6.45) is 5.94. The number of aliphatic hydroxyl groups excluding tert-OH is 1. The average Bonchev–Trinajstić information content (AvgIpc) is 3.31. The van der Waals surface area contributed by atoms with E-state index < -0.39 is 6.10 Å². The molecule has 1 aromatic carbocycles. The summed E-state index contributed by atoms with van der Waals surface area (Å²) in [7, 11) is 0. The fourth-order valence-electron chi connectivity index (χ4n) is 3.44. The summed E-state index contributed by atoms with van der Waals surface area (Å²) in [4.78, 5) is 12.2. The molecule has 3 rings (SSSR count). The maximum absolute atomic E-state index is 12.2. The Morgan fingerprint density at radius 1 is 1.45 bits per heavy atom. The molecule has 0 bridgehead atoms. The number of rotatable bonds is 7. The Balaban J connectivity index is 1.51. The summed E-state index contributed by atoms with van der Waals surface area (Å²) >= 11 is 0. The van der Waals surface area contributed by atoms with Crippen LogP contribution in [0.25, 0.3) is 0 Å². The second kappa shape index (κ2) is 6.29. The second-order valence-electron chi connectivity index (χ2n) is 6.77. The highest BCUT2D eigenvalue weighted by molar-refractivity contribution is 5.80. The molecule has 4 heteroatoms. The average molecular weight is 303 g/mol. The van der Waals surface area contributed by atoms with Crippen molar-refractivity contribution in [1.29, 1.82) is 0 Å². The number of benzene rings is 1. The summed E-state index contributed by atoms with van der Waals surface area (Å²) in [5.41, 5.74) is 1.17.